The van der Waals surface area contributed by atoms with Gasteiger partial charge < -0.3 is 5.32 Å². The van der Waals surface area contributed by atoms with Gasteiger partial charge in [-0.1, -0.05) is 6.07 Å². The molecule has 2 nitrogen and oxygen atoms in total. The molecule has 0 heterocycles. The topological polar surface area (TPSA) is 29.1 Å². The summed E-state index contributed by atoms with van der Waals surface area (Å²) in [5.74, 6) is -1.37. The number of alkyl halides is 3. The van der Waals surface area contributed by atoms with Gasteiger partial charge in [0.25, 0.3) is 0 Å². The molecular formula is C10H9F4NOS. The quantitative estimate of drug-likeness (QED) is 0.671. The van der Waals surface area contributed by atoms with Gasteiger partial charge in [-0.2, -0.15) is 13.2 Å². The minimum Gasteiger partial charge on any atom is -0.346 e. The van der Waals surface area contributed by atoms with E-state index in [1.165, 1.54) is 18.2 Å². The Balaban J connectivity index is 2.33. The highest BCUT2D eigenvalue weighted by Gasteiger charge is 2.27. The van der Waals surface area contributed by atoms with Crippen LogP contribution in [0.3, 0.4) is 0 Å². The molecular weight excluding hydrogens is 258 g/mol. The van der Waals surface area contributed by atoms with Crippen LogP contribution in [0, 0.1) is 5.82 Å². The zero-order valence-corrected chi connectivity index (χ0v) is 9.37. The lowest BCUT2D eigenvalue weighted by molar-refractivity contribution is -0.136. The first-order valence-electron chi connectivity index (χ1n) is 4.58. The van der Waals surface area contributed by atoms with E-state index in [4.69, 9.17) is 0 Å². The number of rotatable bonds is 4. The molecule has 0 unspecified atom stereocenters. The average Bonchev–Trinajstić information content (AvgIpc) is 2.23. The Morgan fingerprint density at radius 2 is 2.06 bits per heavy atom. The minimum atomic E-state index is -4.42. The second kappa shape index (κ2) is 5.90. The SMILES string of the molecule is O=C(CSc1cccc(F)c1)NCC(F)(F)F. The first kappa shape index (κ1) is 13.8. The summed E-state index contributed by atoms with van der Waals surface area (Å²) in [6.07, 6.45) is -4.42. The van der Waals surface area contributed by atoms with Crippen LogP contribution < -0.4 is 5.32 Å². The molecule has 0 bridgehead atoms. The summed E-state index contributed by atoms with van der Waals surface area (Å²) in [6.45, 7) is -1.35. The fraction of sp³-hybridized carbons (Fsp3) is 0.300. The molecule has 0 aromatic heterocycles. The fourth-order valence-electron chi connectivity index (χ4n) is 0.956. The third-order valence-corrected chi connectivity index (χ3v) is 2.65. The molecule has 0 fully saturated rings. The minimum absolute atomic E-state index is 0.181. The number of thioether (sulfide) groups is 1. The van der Waals surface area contributed by atoms with Crippen molar-refractivity contribution >= 4 is 17.7 Å². The van der Waals surface area contributed by atoms with Crippen LogP contribution >= 0.6 is 11.8 Å². The molecule has 7 heteroatoms. The highest BCUT2D eigenvalue weighted by atomic mass is 32.2. The summed E-state index contributed by atoms with van der Waals surface area (Å²) in [7, 11) is 0. The Bertz CT molecular complexity index is 394. The van der Waals surface area contributed by atoms with Crippen LogP contribution in [0.15, 0.2) is 29.2 Å². The number of hydrogen-bond acceptors (Lipinski definition) is 2. The summed E-state index contributed by atoms with van der Waals surface area (Å²) in [4.78, 5) is 11.5. The van der Waals surface area contributed by atoms with E-state index in [2.05, 4.69) is 0 Å². The van der Waals surface area contributed by atoms with Gasteiger partial charge >= 0.3 is 6.18 Å². The van der Waals surface area contributed by atoms with E-state index < -0.39 is 24.4 Å². The van der Waals surface area contributed by atoms with Crippen molar-refractivity contribution in [3.8, 4) is 0 Å². The van der Waals surface area contributed by atoms with Crippen LogP contribution in [0.5, 0.6) is 0 Å². The van der Waals surface area contributed by atoms with Gasteiger partial charge in [-0.25, -0.2) is 4.39 Å². The van der Waals surface area contributed by atoms with Gasteiger partial charge in [0.05, 0.1) is 5.75 Å². The van der Waals surface area contributed by atoms with E-state index in [1.807, 2.05) is 0 Å². The van der Waals surface area contributed by atoms with Crippen LogP contribution in [-0.2, 0) is 4.79 Å². The molecule has 0 saturated carbocycles. The number of carbonyl (C=O) groups excluding carboxylic acids is 1. The lowest BCUT2D eigenvalue weighted by atomic mass is 10.4. The maximum absolute atomic E-state index is 12.7. The molecule has 1 rings (SSSR count). The lowest BCUT2D eigenvalue weighted by Crippen LogP contribution is -2.34. The van der Waals surface area contributed by atoms with Crippen molar-refractivity contribution in [2.75, 3.05) is 12.3 Å². The molecule has 0 atom stereocenters. The van der Waals surface area contributed by atoms with Crippen LogP contribution in [0.25, 0.3) is 0 Å². The third kappa shape index (κ3) is 6.15. The van der Waals surface area contributed by atoms with Crippen molar-refractivity contribution in [1.82, 2.24) is 5.32 Å². The maximum Gasteiger partial charge on any atom is 0.405 e. The Hall–Kier alpha value is -1.24. The average molecular weight is 267 g/mol. The Kier molecular flexibility index (Phi) is 4.80. The highest BCUT2D eigenvalue weighted by molar-refractivity contribution is 8.00. The van der Waals surface area contributed by atoms with Crippen LogP contribution in [-0.4, -0.2) is 24.4 Å². The molecule has 0 saturated heterocycles. The predicted molar refractivity (Wildman–Crippen MR) is 56.2 cm³/mol. The van der Waals surface area contributed by atoms with Gasteiger partial charge in [-0.05, 0) is 18.2 Å². The molecule has 1 amide bonds. The van der Waals surface area contributed by atoms with Gasteiger partial charge in [0.15, 0.2) is 0 Å². The van der Waals surface area contributed by atoms with Gasteiger partial charge in [-0.15, -0.1) is 11.8 Å². The molecule has 0 radical (unpaired) electrons. The second-order valence-electron chi connectivity index (χ2n) is 3.14. The zero-order valence-electron chi connectivity index (χ0n) is 8.55. The molecule has 1 N–H and O–H groups in total. The molecule has 1 aromatic carbocycles. The molecule has 1 aromatic rings. The number of carbonyl (C=O) groups is 1. The van der Waals surface area contributed by atoms with Crippen molar-refractivity contribution in [1.29, 1.82) is 0 Å². The smallest absolute Gasteiger partial charge is 0.346 e. The summed E-state index contributed by atoms with van der Waals surface area (Å²) in [5.41, 5.74) is 0. The third-order valence-electron chi connectivity index (χ3n) is 1.65. The molecule has 17 heavy (non-hydrogen) atoms. The maximum atomic E-state index is 12.7. The van der Waals surface area contributed by atoms with E-state index in [-0.39, 0.29) is 5.75 Å². The molecule has 0 aliphatic rings. The van der Waals surface area contributed by atoms with Crippen molar-refractivity contribution in [3.05, 3.63) is 30.1 Å². The zero-order chi connectivity index (χ0) is 12.9. The van der Waals surface area contributed by atoms with E-state index in [9.17, 15) is 22.4 Å². The number of halogens is 4. The summed E-state index contributed by atoms with van der Waals surface area (Å²) >= 11 is 0.974. The molecule has 94 valence electrons. The van der Waals surface area contributed by atoms with E-state index >= 15 is 0 Å². The summed E-state index contributed by atoms with van der Waals surface area (Å²) < 4.78 is 48.0. The van der Waals surface area contributed by atoms with E-state index in [1.54, 1.807) is 11.4 Å². The van der Waals surface area contributed by atoms with E-state index in [0.717, 1.165) is 11.8 Å². The van der Waals surface area contributed by atoms with Crippen molar-refractivity contribution in [3.63, 3.8) is 0 Å². The largest absolute Gasteiger partial charge is 0.405 e. The number of nitrogens with one attached hydrogen (secondary N) is 1. The Labute approximate surface area is 99.4 Å². The lowest BCUT2D eigenvalue weighted by Gasteiger charge is -2.07. The summed E-state index contributed by atoms with van der Waals surface area (Å²) in [5, 5.41) is 1.73. The summed E-state index contributed by atoms with van der Waals surface area (Å²) in [6, 6.07) is 5.49. The second-order valence-corrected chi connectivity index (χ2v) is 4.19. The van der Waals surface area contributed by atoms with Crippen molar-refractivity contribution < 1.29 is 22.4 Å². The van der Waals surface area contributed by atoms with Crippen molar-refractivity contribution in [2.45, 2.75) is 11.1 Å². The molecule has 0 aliphatic carbocycles. The normalized spacial score (nSPS) is 11.3. The van der Waals surface area contributed by atoms with Crippen LogP contribution in [0.4, 0.5) is 17.6 Å². The Morgan fingerprint density at radius 3 is 2.65 bits per heavy atom. The fourth-order valence-corrected chi connectivity index (χ4v) is 1.73. The van der Waals surface area contributed by atoms with Gasteiger partial charge in [0.2, 0.25) is 5.91 Å². The Morgan fingerprint density at radius 1 is 1.35 bits per heavy atom. The van der Waals surface area contributed by atoms with E-state index in [0.29, 0.717) is 4.90 Å². The standard InChI is InChI=1S/C10H9F4NOS/c11-7-2-1-3-8(4-7)17-5-9(16)15-6-10(12,13)14/h1-4H,5-6H2,(H,15,16). The number of benzene rings is 1. The number of hydrogen-bond donors (Lipinski definition) is 1. The first-order chi connectivity index (χ1) is 7.87. The van der Waals surface area contributed by atoms with Crippen molar-refractivity contribution in [2.24, 2.45) is 0 Å². The molecule has 0 aliphatic heterocycles. The highest BCUT2D eigenvalue weighted by Crippen LogP contribution is 2.18. The van der Waals surface area contributed by atoms with Gasteiger partial charge in [0.1, 0.15) is 12.4 Å². The van der Waals surface area contributed by atoms with Crippen LogP contribution in [0.1, 0.15) is 0 Å². The first-order valence-corrected chi connectivity index (χ1v) is 5.57. The van der Waals surface area contributed by atoms with Crippen LogP contribution in [0.2, 0.25) is 0 Å². The van der Waals surface area contributed by atoms with Gasteiger partial charge in [0, 0.05) is 4.90 Å². The predicted octanol–water partition coefficient (Wildman–Crippen LogP) is 2.60. The monoisotopic (exact) mass is 267 g/mol. The molecule has 0 spiro atoms. The van der Waals surface area contributed by atoms with Gasteiger partial charge in [-0.3, -0.25) is 4.79 Å². The number of amides is 1.